The van der Waals surface area contributed by atoms with Crippen LogP contribution in [0, 0.1) is 6.92 Å². The molecule has 4 rings (SSSR count). The first-order valence-electron chi connectivity index (χ1n) is 11.3. The molecule has 0 radical (unpaired) electrons. The van der Waals surface area contributed by atoms with Crippen molar-refractivity contribution in [3.63, 3.8) is 0 Å². The second-order valence-corrected chi connectivity index (χ2v) is 9.09. The number of nitrogens with one attached hydrogen (secondary N) is 2. The van der Waals surface area contributed by atoms with Crippen LogP contribution in [0.3, 0.4) is 0 Å². The number of hydrogen-bond acceptors (Lipinski definition) is 5. The summed E-state index contributed by atoms with van der Waals surface area (Å²) in [5.74, 6) is 0.650. The fourth-order valence-corrected chi connectivity index (χ4v) is 4.16. The van der Waals surface area contributed by atoms with Crippen molar-refractivity contribution in [1.29, 1.82) is 0 Å². The Kier molecular flexibility index (Phi) is 7.62. The van der Waals surface area contributed by atoms with Crippen LogP contribution in [0.5, 0.6) is 0 Å². The predicted molar refractivity (Wildman–Crippen MR) is 141 cm³/mol. The molecule has 0 bridgehead atoms. The smallest absolute Gasteiger partial charge is 0.255 e. The molecule has 0 aliphatic rings. The van der Waals surface area contributed by atoms with E-state index < -0.39 is 0 Å². The summed E-state index contributed by atoms with van der Waals surface area (Å²) in [5.41, 5.74) is 5.28. The zero-order valence-corrected chi connectivity index (χ0v) is 20.7. The molecule has 3 aromatic carbocycles. The molecule has 0 fully saturated rings. The van der Waals surface area contributed by atoms with Gasteiger partial charge in [0, 0.05) is 29.5 Å². The highest BCUT2D eigenvalue weighted by Gasteiger charge is 2.14. The molecule has 0 atom stereocenters. The molecule has 1 aromatic heterocycles. The number of hydrogen-bond donors (Lipinski definition) is 2. The summed E-state index contributed by atoms with van der Waals surface area (Å²) in [6.07, 6.45) is 0.962. The molecular formula is C27H27N5O2S. The number of carbonyl (C=O) groups is 2. The molecule has 7 nitrogen and oxygen atoms in total. The minimum Gasteiger partial charge on any atom is -0.325 e. The molecule has 4 aromatic rings. The van der Waals surface area contributed by atoms with E-state index in [4.69, 9.17) is 0 Å². The van der Waals surface area contributed by atoms with Gasteiger partial charge in [-0.3, -0.25) is 9.59 Å². The summed E-state index contributed by atoms with van der Waals surface area (Å²) in [6.45, 7) is 4.08. The lowest BCUT2D eigenvalue weighted by molar-refractivity contribution is -0.113. The Morgan fingerprint density at radius 3 is 2.14 bits per heavy atom. The van der Waals surface area contributed by atoms with Crippen LogP contribution in [0.15, 0.2) is 78.0 Å². The van der Waals surface area contributed by atoms with Gasteiger partial charge < -0.3 is 15.2 Å². The Hall–Kier alpha value is -3.91. The Labute approximate surface area is 209 Å². The van der Waals surface area contributed by atoms with Crippen molar-refractivity contribution in [3.8, 4) is 11.4 Å². The molecule has 8 heteroatoms. The molecular weight excluding hydrogens is 458 g/mol. The lowest BCUT2D eigenvalue weighted by Crippen LogP contribution is -2.14. The van der Waals surface area contributed by atoms with Gasteiger partial charge in [-0.2, -0.15) is 0 Å². The van der Waals surface area contributed by atoms with E-state index in [2.05, 4.69) is 27.8 Å². The highest BCUT2D eigenvalue weighted by Crippen LogP contribution is 2.24. The van der Waals surface area contributed by atoms with Crippen molar-refractivity contribution >= 4 is 35.0 Å². The van der Waals surface area contributed by atoms with E-state index in [1.165, 1.54) is 17.3 Å². The van der Waals surface area contributed by atoms with Crippen molar-refractivity contribution in [2.45, 2.75) is 25.4 Å². The maximum Gasteiger partial charge on any atom is 0.255 e. The van der Waals surface area contributed by atoms with Gasteiger partial charge in [0.2, 0.25) is 5.91 Å². The van der Waals surface area contributed by atoms with E-state index in [0.717, 1.165) is 23.2 Å². The summed E-state index contributed by atoms with van der Waals surface area (Å²) in [4.78, 5) is 24.8. The molecule has 0 aliphatic heterocycles. The molecule has 2 amide bonds. The van der Waals surface area contributed by atoms with Gasteiger partial charge in [-0.15, -0.1) is 10.2 Å². The second kappa shape index (κ2) is 11.0. The fraction of sp³-hybridized carbons (Fsp3) is 0.185. The molecule has 1 heterocycles. The van der Waals surface area contributed by atoms with E-state index in [1.54, 1.807) is 12.1 Å². The van der Waals surface area contributed by atoms with Crippen LogP contribution in [0.4, 0.5) is 11.4 Å². The minimum atomic E-state index is -0.158. The quantitative estimate of drug-likeness (QED) is 0.329. The first-order valence-corrected chi connectivity index (χ1v) is 12.3. The monoisotopic (exact) mass is 485 g/mol. The van der Waals surface area contributed by atoms with E-state index in [-0.39, 0.29) is 17.6 Å². The van der Waals surface area contributed by atoms with E-state index in [0.29, 0.717) is 22.2 Å². The van der Waals surface area contributed by atoms with E-state index in [9.17, 15) is 9.59 Å². The van der Waals surface area contributed by atoms with Crippen molar-refractivity contribution in [3.05, 3.63) is 89.5 Å². The normalized spacial score (nSPS) is 10.7. The summed E-state index contributed by atoms with van der Waals surface area (Å²) in [7, 11) is 1.87. The fourth-order valence-electron chi connectivity index (χ4n) is 3.45. The number of thioether (sulfide) groups is 1. The third kappa shape index (κ3) is 6.16. The van der Waals surface area contributed by atoms with Gasteiger partial charge in [0.05, 0.1) is 5.75 Å². The Morgan fingerprint density at radius 1 is 0.857 bits per heavy atom. The lowest BCUT2D eigenvalue weighted by Gasteiger charge is -2.08. The van der Waals surface area contributed by atoms with Gasteiger partial charge >= 0.3 is 0 Å². The average molecular weight is 486 g/mol. The largest absolute Gasteiger partial charge is 0.325 e. The number of carbonyl (C=O) groups excluding carboxylic acids is 2. The van der Waals surface area contributed by atoms with Crippen LogP contribution in [-0.2, 0) is 18.3 Å². The zero-order valence-electron chi connectivity index (χ0n) is 19.9. The highest BCUT2D eigenvalue weighted by atomic mass is 32.2. The Bertz CT molecular complexity index is 1310. The number of anilines is 2. The van der Waals surface area contributed by atoms with Crippen molar-refractivity contribution in [2.75, 3.05) is 16.4 Å². The number of benzene rings is 3. The predicted octanol–water partition coefficient (Wildman–Crippen LogP) is 5.34. The minimum absolute atomic E-state index is 0.0996. The van der Waals surface area contributed by atoms with Crippen molar-refractivity contribution in [2.24, 2.45) is 7.05 Å². The van der Waals surface area contributed by atoms with Gasteiger partial charge in [-0.05, 0) is 67.4 Å². The molecule has 2 N–H and O–H groups in total. The number of amides is 2. The summed E-state index contributed by atoms with van der Waals surface area (Å²) < 4.78 is 1.86. The lowest BCUT2D eigenvalue weighted by atomic mass is 10.1. The maximum atomic E-state index is 12.4. The SMILES string of the molecule is CCc1ccc(NC(=O)CSc2nnc(-c3ccc(NC(=O)c4ccc(C)cc4)cc3)n2C)cc1. The first-order chi connectivity index (χ1) is 16.9. The zero-order chi connectivity index (χ0) is 24.8. The molecule has 178 valence electrons. The van der Waals surface area contributed by atoms with Crippen LogP contribution in [0.25, 0.3) is 11.4 Å². The number of rotatable bonds is 8. The van der Waals surface area contributed by atoms with Gasteiger partial charge in [0.15, 0.2) is 11.0 Å². The third-order valence-corrected chi connectivity index (χ3v) is 6.55. The van der Waals surface area contributed by atoms with Gasteiger partial charge in [0.1, 0.15) is 0 Å². The number of nitrogens with zero attached hydrogens (tertiary/aromatic N) is 3. The number of aromatic nitrogens is 3. The topological polar surface area (TPSA) is 88.9 Å². The first kappa shape index (κ1) is 24.2. The summed E-state index contributed by atoms with van der Waals surface area (Å²) in [6, 6.07) is 22.7. The average Bonchev–Trinajstić information content (AvgIpc) is 3.24. The molecule has 0 saturated heterocycles. The summed E-state index contributed by atoms with van der Waals surface area (Å²) >= 11 is 1.33. The molecule has 35 heavy (non-hydrogen) atoms. The van der Waals surface area contributed by atoms with Gasteiger partial charge in [0.25, 0.3) is 5.91 Å². The number of aryl methyl sites for hydroxylation is 2. The Morgan fingerprint density at radius 2 is 1.49 bits per heavy atom. The van der Waals surface area contributed by atoms with Crippen LogP contribution >= 0.6 is 11.8 Å². The molecule has 0 unspecified atom stereocenters. The van der Waals surface area contributed by atoms with Gasteiger partial charge in [-0.25, -0.2) is 0 Å². The molecule has 0 aliphatic carbocycles. The third-order valence-electron chi connectivity index (χ3n) is 5.53. The second-order valence-electron chi connectivity index (χ2n) is 8.15. The van der Waals surface area contributed by atoms with Crippen LogP contribution in [-0.4, -0.2) is 32.3 Å². The summed E-state index contributed by atoms with van der Waals surface area (Å²) in [5, 5.41) is 15.0. The van der Waals surface area contributed by atoms with Crippen molar-refractivity contribution in [1.82, 2.24) is 14.8 Å². The standard InChI is InChI=1S/C27H27N5O2S/c1-4-19-7-13-22(14-8-19)28-24(33)17-35-27-31-30-25(32(27)3)20-11-15-23(16-12-20)29-26(34)21-9-5-18(2)6-10-21/h5-16H,4,17H2,1-3H3,(H,28,33)(H,29,34). The molecule has 0 saturated carbocycles. The highest BCUT2D eigenvalue weighted by molar-refractivity contribution is 7.99. The van der Waals surface area contributed by atoms with Crippen LogP contribution < -0.4 is 10.6 Å². The van der Waals surface area contributed by atoms with Crippen LogP contribution in [0.2, 0.25) is 0 Å². The molecule has 0 spiro atoms. The maximum absolute atomic E-state index is 12.4. The van der Waals surface area contributed by atoms with Crippen molar-refractivity contribution < 1.29 is 9.59 Å². The van der Waals surface area contributed by atoms with E-state index in [1.807, 2.05) is 79.2 Å². The van der Waals surface area contributed by atoms with Crippen LogP contribution in [0.1, 0.15) is 28.4 Å². The van der Waals surface area contributed by atoms with Gasteiger partial charge in [-0.1, -0.05) is 48.5 Å². The van der Waals surface area contributed by atoms with E-state index >= 15 is 0 Å². The Balaban J connectivity index is 1.35.